The lowest BCUT2D eigenvalue weighted by Gasteiger charge is -2.34. The topological polar surface area (TPSA) is 107 Å². The molecule has 2 heterocycles. The summed E-state index contributed by atoms with van der Waals surface area (Å²) >= 11 is 0. The summed E-state index contributed by atoms with van der Waals surface area (Å²) in [6, 6.07) is 5.06. The Bertz CT molecular complexity index is 981. The van der Waals surface area contributed by atoms with E-state index < -0.39 is 21.8 Å². The molecule has 3 fully saturated rings. The third kappa shape index (κ3) is 4.06. The molecule has 1 aliphatic carbocycles. The molecule has 162 valence electrons. The summed E-state index contributed by atoms with van der Waals surface area (Å²) in [5, 5.41) is 2.67. The van der Waals surface area contributed by atoms with E-state index in [0.29, 0.717) is 24.2 Å². The van der Waals surface area contributed by atoms with Crippen LogP contribution in [-0.2, 0) is 24.4 Å². The van der Waals surface area contributed by atoms with Crippen molar-refractivity contribution < 1.29 is 22.8 Å². The molecule has 3 amide bonds. The van der Waals surface area contributed by atoms with Gasteiger partial charge in [-0.1, -0.05) is 0 Å². The van der Waals surface area contributed by atoms with Crippen LogP contribution in [0.2, 0.25) is 0 Å². The van der Waals surface area contributed by atoms with Gasteiger partial charge in [0.05, 0.1) is 4.90 Å². The second kappa shape index (κ2) is 7.99. The number of hydrogen-bond donors (Lipinski definition) is 1. The first-order valence-electron chi connectivity index (χ1n) is 10.3. The number of nitrogens with one attached hydrogen (secondary N) is 1. The van der Waals surface area contributed by atoms with Crippen molar-refractivity contribution in [2.75, 3.05) is 37.6 Å². The lowest BCUT2D eigenvalue weighted by atomic mass is 10.2. The smallest absolute Gasteiger partial charge is 0.311 e. The maximum atomic E-state index is 13.1. The normalized spacial score (nSPS) is 20.5. The molecule has 0 spiro atoms. The van der Waals surface area contributed by atoms with E-state index in [1.54, 1.807) is 30.0 Å². The van der Waals surface area contributed by atoms with Gasteiger partial charge in [-0.2, -0.15) is 4.31 Å². The largest absolute Gasteiger partial charge is 0.345 e. The van der Waals surface area contributed by atoms with Gasteiger partial charge in [0.1, 0.15) is 0 Å². The van der Waals surface area contributed by atoms with Crippen molar-refractivity contribution >= 4 is 33.4 Å². The average Bonchev–Trinajstić information content (AvgIpc) is 3.44. The van der Waals surface area contributed by atoms with Crippen molar-refractivity contribution in [1.82, 2.24) is 14.5 Å². The zero-order chi connectivity index (χ0) is 21.5. The molecule has 30 heavy (non-hydrogen) atoms. The van der Waals surface area contributed by atoms with Crippen LogP contribution in [0.4, 0.5) is 5.69 Å². The predicted octanol–water partition coefficient (Wildman–Crippen LogP) is 0.233. The summed E-state index contributed by atoms with van der Waals surface area (Å²) in [7, 11) is -3.73. The Kier molecular flexibility index (Phi) is 5.54. The molecule has 1 saturated carbocycles. The summed E-state index contributed by atoms with van der Waals surface area (Å²) in [5.74, 6) is -1.16. The molecule has 0 aromatic heterocycles. The molecule has 4 rings (SSSR count). The Morgan fingerprint density at radius 2 is 1.77 bits per heavy atom. The van der Waals surface area contributed by atoms with E-state index in [9.17, 15) is 22.8 Å². The molecule has 0 bridgehead atoms. The highest BCUT2D eigenvalue weighted by molar-refractivity contribution is 7.89. The standard InChI is InChI=1S/C20H26N4O5S/c1-14-13-16(24-8-2-3-18(24)25)6-7-17(14)30(28,29)23-11-9-22(10-12-23)20(27)19(26)21-15-4-5-15/h6-7,13,15H,2-5,8-12H2,1H3,(H,21,26). The number of hydrogen-bond acceptors (Lipinski definition) is 5. The molecule has 3 aliphatic rings. The number of carbonyl (C=O) groups is 3. The van der Waals surface area contributed by atoms with Crippen molar-refractivity contribution in [3.63, 3.8) is 0 Å². The fourth-order valence-electron chi connectivity index (χ4n) is 3.90. The molecular formula is C20H26N4O5S. The van der Waals surface area contributed by atoms with E-state index >= 15 is 0 Å². The molecule has 0 radical (unpaired) electrons. The minimum atomic E-state index is -3.73. The lowest BCUT2D eigenvalue weighted by molar-refractivity contribution is -0.146. The van der Waals surface area contributed by atoms with E-state index in [-0.39, 0.29) is 43.0 Å². The fourth-order valence-corrected chi connectivity index (χ4v) is 5.53. The van der Waals surface area contributed by atoms with Gasteiger partial charge < -0.3 is 15.1 Å². The minimum Gasteiger partial charge on any atom is -0.345 e. The van der Waals surface area contributed by atoms with Crippen LogP contribution in [-0.4, -0.2) is 74.1 Å². The van der Waals surface area contributed by atoms with Gasteiger partial charge in [0, 0.05) is 50.9 Å². The molecule has 10 heteroatoms. The molecule has 1 aromatic rings. The fraction of sp³-hybridized carbons (Fsp3) is 0.550. The third-order valence-electron chi connectivity index (χ3n) is 5.79. The van der Waals surface area contributed by atoms with Gasteiger partial charge in [0.2, 0.25) is 15.9 Å². The molecule has 2 aliphatic heterocycles. The van der Waals surface area contributed by atoms with Gasteiger partial charge in [-0.05, 0) is 49.9 Å². The zero-order valence-corrected chi connectivity index (χ0v) is 17.8. The zero-order valence-electron chi connectivity index (χ0n) is 17.0. The van der Waals surface area contributed by atoms with Crippen LogP contribution < -0.4 is 10.2 Å². The van der Waals surface area contributed by atoms with Crippen LogP contribution >= 0.6 is 0 Å². The summed E-state index contributed by atoms with van der Waals surface area (Å²) in [5.41, 5.74) is 1.29. The van der Waals surface area contributed by atoms with Crippen molar-refractivity contribution in [2.45, 2.75) is 43.5 Å². The van der Waals surface area contributed by atoms with Gasteiger partial charge in [0.25, 0.3) is 0 Å². The number of sulfonamides is 1. The minimum absolute atomic E-state index is 0.0523. The molecule has 9 nitrogen and oxygen atoms in total. The van der Waals surface area contributed by atoms with Crippen LogP contribution in [0.5, 0.6) is 0 Å². The summed E-state index contributed by atoms with van der Waals surface area (Å²) in [6.07, 6.45) is 3.12. The second-order valence-electron chi connectivity index (χ2n) is 8.04. The van der Waals surface area contributed by atoms with E-state index in [4.69, 9.17) is 0 Å². The number of benzene rings is 1. The van der Waals surface area contributed by atoms with Crippen LogP contribution in [0.3, 0.4) is 0 Å². The molecule has 1 aromatic carbocycles. The number of anilines is 1. The van der Waals surface area contributed by atoms with Crippen LogP contribution in [0, 0.1) is 6.92 Å². The van der Waals surface area contributed by atoms with Crippen molar-refractivity contribution in [2.24, 2.45) is 0 Å². The highest BCUT2D eigenvalue weighted by Gasteiger charge is 2.34. The Balaban J connectivity index is 1.42. The van der Waals surface area contributed by atoms with Gasteiger partial charge in [-0.25, -0.2) is 8.42 Å². The van der Waals surface area contributed by atoms with Crippen molar-refractivity contribution in [1.29, 1.82) is 0 Å². The maximum Gasteiger partial charge on any atom is 0.311 e. The SMILES string of the molecule is Cc1cc(N2CCCC2=O)ccc1S(=O)(=O)N1CCN(C(=O)C(=O)NC2CC2)CC1. The first-order valence-corrected chi connectivity index (χ1v) is 11.7. The van der Waals surface area contributed by atoms with E-state index in [2.05, 4.69) is 5.32 Å². The summed E-state index contributed by atoms with van der Waals surface area (Å²) in [4.78, 5) is 39.4. The summed E-state index contributed by atoms with van der Waals surface area (Å²) < 4.78 is 27.6. The Hall–Kier alpha value is -2.46. The molecule has 0 atom stereocenters. The van der Waals surface area contributed by atoms with Crippen LogP contribution in [0.25, 0.3) is 0 Å². The number of aryl methyl sites for hydroxylation is 1. The quantitative estimate of drug-likeness (QED) is 0.683. The van der Waals surface area contributed by atoms with Crippen molar-refractivity contribution in [3.8, 4) is 0 Å². The van der Waals surface area contributed by atoms with Gasteiger partial charge in [-0.15, -0.1) is 0 Å². The van der Waals surface area contributed by atoms with E-state index in [1.165, 1.54) is 9.21 Å². The first-order chi connectivity index (χ1) is 14.3. The van der Waals surface area contributed by atoms with Gasteiger partial charge in [0.15, 0.2) is 0 Å². The average molecular weight is 435 g/mol. The number of carbonyl (C=O) groups excluding carboxylic acids is 3. The molecule has 2 saturated heterocycles. The molecule has 1 N–H and O–H groups in total. The third-order valence-corrected chi connectivity index (χ3v) is 7.85. The number of rotatable bonds is 4. The highest BCUT2D eigenvalue weighted by Crippen LogP contribution is 2.28. The second-order valence-corrected chi connectivity index (χ2v) is 9.95. The van der Waals surface area contributed by atoms with Gasteiger partial charge in [-0.3, -0.25) is 14.4 Å². The van der Waals surface area contributed by atoms with Gasteiger partial charge >= 0.3 is 11.8 Å². The maximum absolute atomic E-state index is 13.1. The molecule has 0 unspecified atom stereocenters. The monoisotopic (exact) mass is 434 g/mol. The first kappa shape index (κ1) is 20.8. The van der Waals surface area contributed by atoms with E-state index in [0.717, 1.165) is 19.3 Å². The lowest BCUT2D eigenvalue weighted by Crippen LogP contribution is -2.54. The van der Waals surface area contributed by atoms with E-state index in [1.807, 2.05) is 0 Å². The predicted molar refractivity (Wildman–Crippen MR) is 109 cm³/mol. The Morgan fingerprint density at radius 1 is 1.07 bits per heavy atom. The number of nitrogens with zero attached hydrogens (tertiary/aromatic N) is 3. The van der Waals surface area contributed by atoms with Crippen molar-refractivity contribution in [3.05, 3.63) is 23.8 Å². The number of piperazine rings is 1. The van der Waals surface area contributed by atoms with Crippen LogP contribution in [0.1, 0.15) is 31.2 Å². The highest BCUT2D eigenvalue weighted by atomic mass is 32.2. The van der Waals surface area contributed by atoms with Crippen LogP contribution in [0.15, 0.2) is 23.1 Å². The summed E-state index contributed by atoms with van der Waals surface area (Å²) in [6.45, 7) is 2.99. The Labute approximate surface area is 176 Å². The molecular weight excluding hydrogens is 408 g/mol. The Morgan fingerprint density at radius 3 is 2.33 bits per heavy atom. The number of amides is 3.